The minimum Gasteiger partial charge on any atom is -0.470 e. The number of pyridine rings is 1. The Morgan fingerprint density at radius 1 is 1.07 bits per heavy atom. The number of nitrogens with zero attached hydrogens (tertiary/aromatic N) is 2. The van der Waals surface area contributed by atoms with Gasteiger partial charge in [0.25, 0.3) is 0 Å². The molecule has 148 valence electrons. The molecule has 8 heteroatoms. The summed E-state index contributed by atoms with van der Waals surface area (Å²) in [5, 5.41) is 11.2. The van der Waals surface area contributed by atoms with Crippen molar-refractivity contribution in [3.05, 3.63) is 100 Å². The van der Waals surface area contributed by atoms with E-state index in [2.05, 4.69) is 4.98 Å². The highest BCUT2D eigenvalue weighted by atomic mass is 35.5. The summed E-state index contributed by atoms with van der Waals surface area (Å²) in [7, 11) is 0. The molecule has 2 aromatic carbocycles. The molecule has 3 aromatic rings. The Bertz CT molecular complexity index is 1090. The first-order valence-electron chi connectivity index (χ1n) is 8.58. The van der Waals surface area contributed by atoms with Crippen LogP contribution in [0.5, 0.6) is 0 Å². The average Bonchev–Trinajstić information content (AvgIpc) is 3.12. The minimum absolute atomic E-state index is 0.0202. The van der Waals surface area contributed by atoms with E-state index in [9.17, 15) is 18.3 Å². The first-order valence-corrected chi connectivity index (χ1v) is 8.96. The molecule has 0 bridgehead atoms. The molecule has 0 saturated carbocycles. The van der Waals surface area contributed by atoms with Gasteiger partial charge in [-0.1, -0.05) is 17.7 Å². The number of aromatic nitrogens is 1. The molecule has 1 N–H and O–H groups in total. The van der Waals surface area contributed by atoms with Crippen LogP contribution >= 0.6 is 11.6 Å². The van der Waals surface area contributed by atoms with Gasteiger partial charge in [0.15, 0.2) is 12.5 Å². The maximum Gasteiger partial charge on any atom is 0.165 e. The van der Waals surface area contributed by atoms with Crippen LogP contribution < -0.4 is 4.90 Å². The van der Waals surface area contributed by atoms with E-state index in [0.717, 1.165) is 12.1 Å². The summed E-state index contributed by atoms with van der Waals surface area (Å²) < 4.78 is 48.0. The van der Waals surface area contributed by atoms with Crippen LogP contribution in [0.3, 0.4) is 0 Å². The molecule has 0 aliphatic carbocycles. The topological polar surface area (TPSA) is 45.6 Å². The number of hydrogen-bond donors (Lipinski definition) is 1. The summed E-state index contributed by atoms with van der Waals surface area (Å²) in [5.74, 6) is -2.28. The second kappa shape index (κ2) is 7.77. The van der Waals surface area contributed by atoms with E-state index in [4.69, 9.17) is 16.3 Å². The molecular formula is C21H14ClF3N2O2. The molecule has 1 atom stereocenters. The fraction of sp³-hybridized carbons (Fsp3) is 0.0952. The van der Waals surface area contributed by atoms with Crippen molar-refractivity contribution in [1.82, 2.24) is 4.98 Å². The van der Waals surface area contributed by atoms with E-state index in [1.807, 2.05) is 0 Å². The summed E-state index contributed by atoms with van der Waals surface area (Å²) in [4.78, 5) is 5.35. The van der Waals surface area contributed by atoms with Gasteiger partial charge in [0.2, 0.25) is 0 Å². The van der Waals surface area contributed by atoms with Crippen LogP contribution in [0.25, 0.3) is 5.76 Å². The van der Waals surface area contributed by atoms with Gasteiger partial charge in [-0.2, -0.15) is 0 Å². The highest BCUT2D eigenvalue weighted by Gasteiger charge is 2.34. The van der Waals surface area contributed by atoms with Gasteiger partial charge in [-0.15, -0.1) is 0 Å². The summed E-state index contributed by atoms with van der Waals surface area (Å²) in [6.45, 7) is -0.183. The first-order chi connectivity index (χ1) is 14.0. The van der Waals surface area contributed by atoms with Crippen molar-refractivity contribution < 1.29 is 23.0 Å². The molecule has 4 rings (SSSR count). The molecule has 0 amide bonds. The highest BCUT2D eigenvalue weighted by molar-refractivity contribution is 6.30. The lowest BCUT2D eigenvalue weighted by molar-refractivity contribution is 0.213. The molecule has 1 aliphatic rings. The molecule has 0 spiro atoms. The van der Waals surface area contributed by atoms with E-state index in [1.54, 1.807) is 12.1 Å². The van der Waals surface area contributed by atoms with Crippen molar-refractivity contribution >= 4 is 23.0 Å². The number of aliphatic hydroxyl groups excluding tert-OH is 1. The molecule has 0 saturated heterocycles. The second-order valence-corrected chi connectivity index (χ2v) is 6.76. The van der Waals surface area contributed by atoms with E-state index in [1.165, 1.54) is 35.5 Å². The Labute approximate surface area is 169 Å². The van der Waals surface area contributed by atoms with Crippen LogP contribution in [0.1, 0.15) is 17.2 Å². The van der Waals surface area contributed by atoms with Crippen LogP contribution in [0.4, 0.5) is 18.9 Å². The molecule has 0 fully saturated rings. The predicted octanol–water partition coefficient (Wildman–Crippen LogP) is 5.05. The van der Waals surface area contributed by atoms with Gasteiger partial charge < -0.3 is 14.7 Å². The summed E-state index contributed by atoms with van der Waals surface area (Å²) in [5.41, 5.74) is 0.531. The third-order valence-electron chi connectivity index (χ3n) is 4.50. The van der Waals surface area contributed by atoms with Crippen molar-refractivity contribution in [2.45, 2.75) is 6.10 Å². The van der Waals surface area contributed by atoms with Crippen molar-refractivity contribution in [3.8, 4) is 0 Å². The lowest BCUT2D eigenvalue weighted by atomic mass is 10.0. The molecule has 1 unspecified atom stereocenters. The maximum atomic E-state index is 14.6. The monoisotopic (exact) mass is 418 g/mol. The summed E-state index contributed by atoms with van der Waals surface area (Å²) in [6, 6.07) is 10.3. The predicted molar refractivity (Wildman–Crippen MR) is 102 cm³/mol. The fourth-order valence-corrected chi connectivity index (χ4v) is 3.31. The Balaban J connectivity index is 1.89. The third-order valence-corrected chi connectivity index (χ3v) is 4.73. The number of ether oxygens (including phenoxy) is 1. The van der Waals surface area contributed by atoms with Crippen LogP contribution in [-0.4, -0.2) is 16.8 Å². The number of hydrogen-bond acceptors (Lipinski definition) is 4. The van der Waals surface area contributed by atoms with E-state index in [0.29, 0.717) is 11.6 Å². The van der Waals surface area contributed by atoms with E-state index < -0.39 is 23.6 Å². The molecule has 4 nitrogen and oxygen atoms in total. The summed E-state index contributed by atoms with van der Waals surface area (Å²) in [6.07, 6.45) is 1.67. The van der Waals surface area contributed by atoms with Crippen LogP contribution in [-0.2, 0) is 4.74 Å². The Kier molecular flexibility index (Phi) is 5.17. The van der Waals surface area contributed by atoms with Crippen molar-refractivity contribution in [2.75, 3.05) is 11.6 Å². The van der Waals surface area contributed by atoms with E-state index in [-0.39, 0.29) is 34.5 Å². The van der Waals surface area contributed by atoms with Gasteiger partial charge in [-0.3, -0.25) is 4.98 Å². The largest absolute Gasteiger partial charge is 0.470 e. The van der Waals surface area contributed by atoms with Gasteiger partial charge in [0.05, 0.1) is 16.9 Å². The van der Waals surface area contributed by atoms with Crippen LogP contribution in [0.15, 0.2) is 66.6 Å². The first kappa shape index (κ1) is 19.3. The van der Waals surface area contributed by atoms with Gasteiger partial charge in [-0.25, -0.2) is 13.2 Å². The maximum absolute atomic E-state index is 14.6. The molecule has 2 heterocycles. The van der Waals surface area contributed by atoms with Crippen molar-refractivity contribution in [1.29, 1.82) is 0 Å². The number of anilines is 1. The van der Waals surface area contributed by atoms with Crippen LogP contribution in [0, 0.1) is 17.5 Å². The Morgan fingerprint density at radius 3 is 2.59 bits per heavy atom. The number of aliphatic hydroxyl groups is 1. The zero-order valence-electron chi connectivity index (χ0n) is 14.8. The standard InChI is InChI=1S/C21H14ClF3N2O2/c22-13-3-6-18(17(25)8-13)27-11-29-21(15-5-4-14(23)9-16(15)24)19(27)20(28)12-2-1-7-26-10-12/h1-10,20,28H,11H2. The van der Waals surface area contributed by atoms with Gasteiger partial charge in [0, 0.05) is 29.0 Å². The number of rotatable bonds is 4. The molecular weight excluding hydrogens is 405 g/mol. The van der Waals surface area contributed by atoms with Gasteiger partial charge in [0.1, 0.15) is 23.6 Å². The number of halogens is 4. The zero-order valence-corrected chi connectivity index (χ0v) is 15.6. The quantitative estimate of drug-likeness (QED) is 0.644. The molecule has 1 aromatic heterocycles. The minimum atomic E-state index is -1.30. The fourth-order valence-electron chi connectivity index (χ4n) is 3.15. The second-order valence-electron chi connectivity index (χ2n) is 6.32. The molecule has 1 aliphatic heterocycles. The Morgan fingerprint density at radius 2 is 1.90 bits per heavy atom. The van der Waals surface area contributed by atoms with Gasteiger partial charge in [-0.05, 0) is 36.4 Å². The van der Waals surface area contributed by atoms with Crippen molar-refractivity contribution in [3.63, 3.8) is 0 Å². The smallest absolute Gasteiger partial charge is 0.165 e. The lowest BCUT2D eigenvalue weighted by Gasteiger charge is -2.24. The van der Waals surface area contributed by atoms with Crippen LogP contribution in [0.2, 0.25) is 5.02 Å². The number of benzene rings is 2. The Hall–Kier alpha value is -3.03. The lowest BCUT2D eigenvalue weighted by Crippen LogP contribution is -2.24. The molecule has 29 heavy (non-hydrogen) atoms. The average molecular weight is 419 g/mol. The normalized spacial score (nSPS) is 14.9. The van der Waals surface area contributed by atoms with Crippen molar-refractivity contribution in [2.24, 2.45) is 0 Å². The van der Waals surface area contributed by atoms with Gasteiger partial charge >= 0.3 is 0 Å². The summed E-state index contributed by atoms with van der Waals surface area (Å²) >= 11 is 5.83. The highest BCUT2D eigenvalue weighted by Crippen LogP contribution is 2.41. The molecule has 0 radical (unpaired) electrons. The third kappa shape index (κ3) is 3.66. The van der Waals surface area contributed by atoms with E-state index >= 15 is 0 Å². The SMILES string of the molecule is OC(C1=C(c2ccc(F)cc2F)OCN1c1ccc(Cl)cc1F)c1cccnc1. The zero-order chi connectivity index (χ0) is 20.5.